The minimum absolute atomic E-state index is 0.00377. The number of halogens is 2. The lowest BCUT2D eigenvalue weighted by molar-refractivity contribution is -0.119. The Kier molecular flexibility index (Phi) is 9.65. The van der Waals surface area contributed by atoms with Crippen LogP contribution in [-0.4, -0.2) is 34.2 Å². The van der Waals surface area contributed by atoms with Crippen LogP contribution in [0.2, 0.25) is 10.0 Å². The van der Waals surface area contributed by atoms with Crippen molar-refractivity contribution >= 4 is 51.0 Å². The zero-order chi connectivity index (χ0) is 28.5. The number of methoxy groups -OCH3 is 1. The number of carbonyl (C=O) groups is 1. The van der Waals surface area contributed by atoms with Gasteiger partial charge in [-0.2, -0.15) is 5.10 Å². The van der Waals surface area contributed by atoms with Gasteiger partial charge in [0.05, 0.1) is 23.9 Å². The van der Waals surface area contributed by atoms with Crippen molar-refractivity contribution in [3.8, 4) is 11.5 Å². The molecule has 0 radical (unpaired) electrons. The maximum Gasteiger partial charge on any atom is 0.264 e. The fourth-order valence-corrected chi connectivity index (χ4v) is 5.62. The second kappa shape index (κ2) is 13.3. The number of rotatable bonds is 11. The summed E-state index contributed by atoms with van der Waals surface area (Å²) in [6, 6.07) is 27.0. The van der Waals surface area contributed by atoms with Crippen molar-refractivity contribution in [2.24, 2.45) is 5.10 Å². The van der Waals surface area contributed by atoms with Crippen LogP contribution >= 0.6 is 23.2 Å². The number of anilines is 1. The number of nitrogens with zero attached hydrogens (tertiary/aromatic N) is 2. The first-order valence-corrected chi connectivity index (χ1v) is 14.2. The quantitative estimate of drug-likeness (QED) is 0.171. The molecule has 1 amide bonds. The third-order valence-corrected chi connectivity index (χ3v) is 7.81. The molecule has 0 aromatic heterocycles. The molecule has 1 N–H and O–H groups in total. The van der Waals surface area contributed by atoms with Crippen LogP contribution < -0.4 is 19.2 Å². The van der Waals surface area contributed by atoms with Crippen molar-refractivity contribution in [1.29, 1.82) is 0 Å². The molecule has 0 unspecified atom stereocenters. The SMILES string of the molecule is COc1cc(/C=N\NC(=O)CN(c2cc(Cl)cc(Cl)c2)S(=O)(=O)c2ccccc2)ccc1OCc1ccccc1. The third-order valence-electron chi connectivity index (χ3n) is 5.58. The number of amides is 1. The van der Waals surface area contributed by atoms with Crippen LogP contribution in [0.15, 0.2) is 107 Å². The Hall–Kier alpha value is -4.05. The van der Waals surface area contributed by atoms with E-state index in [1.807, 2.05) is 30.3 Å². The molecule has 0 aliphatic carbocycles. The summed E-state index contributed by atoms with van der Waals surface area (Å²) < 4.78 is 39.1. The standard InChI is InChI=1S/C29H25Cl2N3O5S/c1-38-28-14-22(12-13-27(28)39-20-21-8-4-2-5-9-21)18-32-33-29(35)19-34(25-16-23(30)15-24(31)17-25)40(36,37)26-10-6-3-7-11-26/h2-18H,19-20H2,1H3,(H,33,35)/b32-18-. The van der Waals surface area contributed by atoms with Crippen LogP contribution in [0.25, 0.3) is 0 Å². The van der Waals surface area contributed by atoms with Gasteiger partial charge >= 0.3 is 0 Å². The Balaban J connectivity index is 1.47. The second-order valence-electron chi connectivity index (χ2n) is 8.43. The fourth-order valence-electron chi connectivity index (χ4n) is 3.68. The summed E-state index contributed by atoms with van der Waals surface area (Å²) in [7, 11) is -2.60. The van der Waals surface area contributed by atoms with Gasteiger partial charge in [-0.1, -0.05) is 71.7 Å². The average molecular weight is 599 g/mol. The first kappa shape index (κ1) is 28.9. The maximum atomic E-state index is 13.4. The Morgan fingerprint density at radius 3 is 2.20 bits per heavy atom. The topological polar surface area (TPSA) is 97.3 Å². The molecular weight excluding hydrogens is 573 g/mol. The summed E-state index contributed by atoms with van der Waals surface area (Å²) in [6.45, 7) is -0.193. The van der Waals surface area contributed by atoms with Crippen LogP contribution in [0.5, 0.6) is 11.5 Å². The zero-order valence-electron chi connectivity index (χ0n) is 21.3. The number of hydrogen-bond donors (Lipinski definition) is 1. The van der Waals surface area contributed by atoms with E-state index >= 15 is 0 Å². The van der Waals surface area contributed by atoms with Crippen molar-refractivity contribution < 1.29 is 22.7 Å². The second-order valence-corrected chi connectivity index (χ2v) is 11.2. The number of nitrogens with one attached hydrogen (secondary N) is 1. The van der Waals surface area contributed by atoms with Crippen molar-refractivity contribution in [1.82, 2.24) is 5.43 Å². The van der Waals surface area contributed by atoms with Gasteiger partial charge in [-0.25, -0.2) is 13.8 Å². The monoisotopic (exact) mass is 597 g/mol. The van der Waals surface area contributed by atoms with Gasteiger partial charge in [-0.15, -0.1) is 0 Å². The molecule has 206 valence electrons. The summed E-state index contributed by atoms with van der Waals surface area (Å²) in [5.41, 5.74) is 4.14. The van der Waals surface area contributed by atoms with E-state index in [2.05, 4.69) is 10.5 Å². The Morgan fingerprint density at radius 1 is 0.900 bits per heavy atom. The maximum absolute atomic E-state index is 13.4. The van der Waals surface area contributed by atoms with Gasteiger partial charge in [0, 0.05) is 10.0 Å². The Labute approximate surface area is 242 Å². The van der Waals surface area contributed by atoms with Gasteiger partial charge in [0.2, 0.25) is 0 Å². The molecular formula is C29H25Cl2N3O5S. The first-order chi connectivity index (χ1) is 19.3. The highest BCUT2D eigenvalue weighted by molar-refractivity contribution is 7.92. The molecule has 0 heterocycles. The largest absolute Gasteiger partial charge is 0.493 e. The number of ether oxygens (including phenoxy) is 2. The van der Waals surface area contributed by atoms with Crippen molar-refractivity contribution in [2.75, 3.05) is 18.0 Å². The van der Waals surface area contributed by atoms with Gasteiger partial charge in [0.15, 0.2) is 11.5 Å². The third kappa shape index (κ3) is 7.53. The highest BCUT2D eigenvalue weighted by Gasteiger charge is 2.27. The Bertz CT molecular complexity index is 1580. The molecule has 0 atom stereocenters. The molecule has 4 aromatic rings. The molecule has 0 saturated heterocycles. The van der Waals surface area contributed by atoms with E-state index in [0.717, 1.165) is 9.87 Å². The molecule has 0 spiro atoms. The molecule has 0 aliphatic heterocycles. The molecule has 40 heavy (non-hydrogen) atoms. The predicted molar refractivity (Wildman–Crippen MR) is 157 cm³/mol. The lowest BCUT2D eigenvalue weighted by atomic mass is 10.2. The number of carbonyl (C=O) groups excluding carboxylic acids is 1. The van der Waals surface area contributed by atoms with E-state index in [4.69, 9.17) is 32.7 Å². The highest BCUT2D eigenvalue weighted by Crippen LogP contribution is 2.30. The summed E-state index contributed by atoms with van der Waals surface area (Å²) in [5, 5.41) is 4.43. The summed E-state index contributed by atoms with van der Waals surface area (Å²) in [6.07, 6.45) is 1.41. The van der Waals surface area contributed by atoms with Crippen molar-refractivity contribution in [3.63, 3.8) is 0 Å². The van der Waals surface area contributed by atoms with Crippen molar-refractivity contribution in [2.45, 2.75) is 11.5 Å². The minimum atomic E-state index is -4.13. The minimum Gasteiger partial charge on any atom is -0.493 e. The van der Waals surface area contributed by atoms with Crippen LogP contribution in [0, 0.1) is 0 Å². The van der Waals surface area contributed by atoms with E-state index in [9.17, 15) is 13.2 Å². The van der Waals surface area contributed by atoms with Gasteiger partial charge in [0.25, 0.3) is 15.9 Å². The summed E-state index contributed by atoms with van der Waals surface area (Å²) in [4.78, 5) is 12.8. The van der Waals surface area contributed by atoms with Crippen LogP contribution in [0.4, 0.5) is 5.69 Å². The number of sulfonamides is 1. The smallest absolute Gasteiger partial charge is 0.264 e. The highest BCUT2D eigenvalue weighted by atomic mass is 35.5. The van der Waals surface area contributed by atoms with Gasteiger partial charge in [-0.05, 0) is 59.7 Å². The zero-order valence-corrected chi connectivity index (χ0v) is 23.7. The molecule has 4 aromatic carbocycles. The molecule has 0 bridgehead atoms. The Morgan fingerprint density at radius 2 is 1.55 bits per heavy atom. The van der Waals surface area contributed by atoms with Gasteiger partial charge in [-0.3, -0.25) is 9.10 Å². The van der Waals surface area contributed by atoms with E-state index in [1.165, 1.54) is 43.7 Å². The summed E-state index contributed by atoms with van der Waals surface area (Å²) in [5.74, 6) is 0.361. The molecule has 0 fully saturated rings. The van der Waals surface area contributed by atoms with Gasteiger partial charge < -0.3 is 9.47 Å². The van der Waals surface area contributed by atoms with E-state index < -0.39 is 22.5 Å². The van der Waals surface area contributed by atoms with Crippen molar-refractivity contribution in [3.05, 3.63) is 118 Å². The van der Waals surface area contributed by atoms with Crippen LogP contribution in [0.3, 0.4) is 0 Å². The number of hydrogen-bond acceptors (Lipinski definition) is 6. The lowest BCUT2D eigenvalue weighted by Gasteiger charge is -2.24. The number of hydrazone groups is 1. The normalized spacial score (nSPS) is 11.3. The summed E-state index contributed by atoms with van der Waals surface area (Å²) >= 11 is 12.2. The molecule has 4 rings (SSSR count). The van der Waals surface area contributed by atoms with E-state index in [-0.39, 0.29) is 20.6 Å². The molecule has 0 saturated carbocycles. The lowest BCUT2D eigenvalue weighted by Crippen LogP contribution is -2.39. The number of benzene rings is 4. The van der Waals surface area contributed by atoms with Gasteiger partial charge in [0.1, 0.15) is 13.2 Å². The average Bonchev–Trinajstić information content (AvgIpc) is 2.95. The molecule has 8 nitrogen and oxygen atoms in total. The predicted octanol–water partition coefficient (Wildman–Crippen LogP) is 5.93. The van der Waals surface area contributed by atoms with Crippen LogP contribution in [-0.2, 0) is 21.4 Å². The van der Waals surface area contributed by atoms with Crippen LogP contribution in [0.1, 0.15) is 11.1 Å². The fraction of sp³-hybridized carbons (Fsp3) is 0.103. The van der Waals surface area contributed by atoms with E-state index in [0.29, 0.717) is 23.7 Å². The van der Waals surface area contributed by atoms with E-state index in [1.54, 1.807) is 36.4 Å². The first-order valence-electron chi connectivity index (χ1n) is 12.0. The molecule has 11 heteroatoms. The molecule has 0 aliphatic rings.